The van der Waals surface area contributed by atoms with Crippen LogP contribution in [-0.4, -0.2) is 31.1 Å². The van der Waals surface area contributed by atoms with Crippen LogP contribution in [0, 0.1) is 5.82 Å². The van der Waals surface area contributed by atoms with E-state index in [2.05, 4.69) is 10.2 Å². The van der Waals surface area contributed by atoms with Crippen molar-refractivity contribution >= 4 is 11.6 Å². The monoisotopic (exact) mass is 293 g/mol. The highest BCUT2D eigenvalue weighted by Gasteiger charge is 2.24. The first-order valence-electron chi connectivity index (χ1n) is 7.59. The topological polar surface area (TPSA) is 58.4 Å². The summed E-state index contributed by atoms with van der Waals surface area (Å²) < 4.78 is 14.0. The van der Waals surface area contributed by atoms with Gasteiger partial charge in [-0.1, -0.05) is 12.5 Å². The van der Waals surface area contributed by atoms with Gasteiger partial charge in [-0.25, -0.2) is 4.39 Å². The van der Waals surface area contributed by atoms with Crippen molar-refractivity contribution in [2.45, 2.75) is 45.2 Å². The molecule has 1 heterocycles. The molecule has 1 unspecified atom stereocenters. The highest BCUT2D eigenvalue weighted by atomic mass is 19.1. The average molecular weight is 293 g/mol. The number of piperidine rings is 1. The summed E-state index contributed by atoms with van der Waals surface area (Å²) in [5.41, 5.74) is 5.94. The van der Waals surface area contributed by atoms with Gasteiger partial charge >= 0.3 is 0 Å². The maximum absolute atomic E-state index is 14.0. The van der Waals surface area contributed by atoms with E-state index in [0.717, 1.165) is 19.5 Å². The molecule has 1 atom stereocenters. The van der Waals surface area contributed by atoms with E-state index >= 15 is 0 Å². The van der Waals surface area contributed by atoms with Crippen molar-refractivity contribution < 1.29 is 9.18 Å². The van der Waals surface area contributed by atoms with Crippen LogP contribution in [0.15, 0.2) is 18.2 Å². The summed E-state index contributed by atoms with van der Waals surface area (Å²) in [6.45, 7) is 5.85. The van der Waals surface area contributed by atoms with E-state index in [1.807, 2.05) is 13.8 Å². The molecule has 1 fully saturated rings. The van der Waals surface area contributed by atoms with Crippen molar-refractivity contribution in [2.24, 2.45) is 5.73 Å². The number of nitrogens with zero attached hydrogens (tertiary/aromatic N) is 1. The van der Waals surface area contributed by atoms with E-state index in [9.17, 15) is 9.18 Å². The molecular weight excluding hydrogens is 269 g/mol. The number of rotatable bonds is 5. The number of hydrogen-bond donors (Lipinski definition) is 2. The lowest BCUT2D eigenvalue weighted by Crippen LogP contribution is -2.46. The second-order valence-corrected chi connectivity index (χ2v) is 5.89. The van der Waals surface area contributed by atoms with E-state index in [0.29, 0.717) is 11.7 Å². The Labute approximate surface area is 125 Å². The first-order chi connectivity index (χ1) is 10.0. The van der Waals surface area contributed by atoms with Crippen LogP contribution in [0.2, 0.25) is 0 Å². The predicted molar refractivity (Wildman–Crippen MR) is 83.0 cm³/mol. The third kappa shape index (κ3) is 3.73. The lowest BCUT2D eigenvalue weighted by molar-refractivity contribution is 0.0997. The largest absolute Gasteiger partial charge is 0.367 e. The molecular formula is C16H24FN3O. The fourth-order valence-electron chi connectivity index (χ4n) is 2.90. The van der Waals surface area contributed by atoms with Gasteiger partial charge in [0, 0.05) is 18.6 Å². The molecule has 3 N–H and O–H groups in total. The van der Waals surface area contributed by atoms with Crippen molar-refractivity contribution in [1.29, 1.82) is 0 Å². The standard InChI is InChI=1S/C16H24FN3O/c1-11(2)20(10-12-6-3-4-9-19-12)14-8-5-7-13(17)15(14)16(18)21/h5,7-8,11-12,19H,3-4,6,9-10H2,1-2H3,(H2,18,21). The maximum Gasteiger partial charge on any atom is 0.253 e. The van der Waals surface area contributed by atoms with E-state index in [1.165, 1.54) is 18.9 Å². The highest BCUT2D eigenvalue weighted by molar-refractivity contribution is 5.99. The SMILES string of the molecule is CC(C)N(CC1CCCCN1)c1cccc(F)c1C(N)=O. The third-order valence-corrected chi connectivity index (χ3v) is 4.00. The Balaban J connectivity index is 2.29. The average Bonchev–Trinajstić information content (AvgIpc) is 2.45. The van der Waals surface area contributed by atoms with Crippen molar-refractivity contribution in [3.63, 3.8) is 0 Å². The van der Waals surface area contributed by atoms with Gasteiger partial charge in [-0.05, 0) is 45.4 Å². The molecule has 21 heavy (non-hydrogen) atoms. The molecule has 1 aliphatic rings. The van der Waals surface area contributed by atoms with Crippen LogP contribution in [0.4, 0.5) is 10.1 Å². The maximum atomic E-state index is 14.0. The third-order valence-electron chi connectivity index (χ3n) is 4.00. The van der Waals surface area contributed by atoms with Gasteiger partial charge in [-0.2, -0.15) is 0 Å². The summed E-state index contributed by atoms with van der Waals surface area (Å²) >= 11 is 0. The van der Waals surface area contributed by atoms with Crippen LogP contribution < -0.4 is 16.0 Å². The lowest BCUT2D eigenvalue weighted by atomic mass is 10.0. The number of hydrogen-bond acceptors (Lipinski definition) is 3. The van der Waals surface area contributed by atoms with Crippen molar-refractivity contribution in [2.75, 3.05) is 18.0 Å². The Kier molecular flexibility index (Phi) is 5.17. The number of halogens is 1. The van der Waals surface area contributed by atoms with Gasteiger partial charge in [0.05, 0.1) is 11.3 Å². The second-order valence-electron chi connectivity index (χ2n) is 5.89. The number of carbonyl (C=O) groups is 1. The van der Waals surface area contributed by atoms with E-state index in [-0.39, 0.29) is 11.6 Å². The first kappa shape index (κ1) is 15.8. The molecule has 1 saturated heterocycles. The number of primary amides is 1. The molecule has 116 valence electrons. The van der Waals surface area contributed by atoms with Gasteiger partial charge in [-0.15, -0.1) is 0 Å². The molecule has 0 saturated carbocycles. The number of nitrogens with one attached hydrogen (secondary N) is 1. The molecule has 0 spiro atoms. The fraction of sp³-hybridized carbons (Fsp3) is 0.562. The summed E-state index contributed by atoms with van der Waals surface area (Å²) in [5.74, 6) is -1.27. The van der Waals surface area contributed by atoms with Gasteiger partial charge in [0.1, 0.15) is 5.82 Å². The van der Waals surface area contributed by atoms with Gasteiger partial charge in [0.2, 0.25) is 0 Å². The Morgan fingerprint density at radius 3 is 2.81 bits per heavy atom. The van der Waals surface area contributed by atoms with Crippen LogP contribution in [0.3, 0.4) is 0 Å². The Morgan fingerprint density at radius 1 is 1.48 bits per heavy atom. The summed E-state index contributed by atoms with van der Waals surface area (Å²) in [6.07, 6.45) is 3.50. The zero-order chi connectivity index (χ0) is 15.4. The summed E-state index contributed by atoms with van der Waals surface area (Å²) in [4.78, 5) is 13.7. The number of anilines is 1. The summed E-state index contributed by atoms with van der Waals surface area (Å²) in [6, 6.07) is 5.20. The van der Waals surface area contributed by atoms with Crippen LogP contribution >= 0.6 is 0 Å². The predicted octanol–water partition coefficient (Wildman–Crippen LogP) is 2.28. The number of nitrogens with two attached hydrogens (primary N) is 1. The van der Waals surface area contributed by atoms with Crippen molar-refractivity contribution in [3.05, 3.63) is 29.6 Å². The molecule has 2 rings (SSSR count). The minimum atomic E-state index is -0.717. The van der Waals surface area contributed by atoms with Crippen molar-refractivity contribution in [1.82, 2.24) is 5.32 Å². The van der Waals surface area contributed by atoms with E-state index < -0.39 is 11.7 Å². The molecule has 5 heteroatoms. The Bertz CT molecular complexity index is 498. The Hall–Kier alpha value is -1.62. The molecule has 0 aliphatic carbocycles. The molecule has 0 bridgehead atoms. The number of amides is 1. The molecule has 1 amide bonds. The molecule has 0 aromatic heterocycles. The zero-order valence-corrected chi connectivity index (χ0v) is 12.7. The lowest BCUT2D eigenvalue weighted by Gasteiger charge is -2.35. The second kappa shape index (κ2) is 6.89. The van der Waals surface area contributed by atoms with Crippen molar-refractivity contribution in [3.8, 4) is 0 Å². The van der Waals surface area contributed by atoms with E-state index in [4.69, 9.17) is 5.73 Å². The Morgan fingerprint density at radius 2 is 2.24 bits per heavy atom. The van der Waals surface area contributed by atoms with E-state index in [1.54, 1.807) is 12.1 Å². The minimum Gasteiger partial charge on any atom is -0.367 e. The number of carbonyl (C=O) groups excluding carboxylic acids is 1. The molecule has 0 radical (unpaired) electrons. The first-order valence-corrected chi connectivity index (χ1v) is 7.59. The number of benzene rings is 1. The molecule has 4 nitrogen and oxygen atoms in total. The van der Waals surface area contributed by atoms with Crippen LogP contribution in [0.25, 0.3) is 0 Å². The van der Waals surface area contributed by atoms with Crippen LogP contribution in [0.5, 0.6) is 0 Å². The summed E-state index contributed by atoms with van der Waals surface area (Å²) in [5, 5.41) is 3.49. The molecule has 1 aromatic carbocycles. The van der Waals surface area contributed by atoms with Crippen LogP contribution in [-0.2, 0) is 0 Å². The van der Waals surface area contributed by atoms with Gasteiger partial charge < -0.3 is 16.0 Å². The van der Waals surface area contributed by atoms with Gasteiger partial charge in [0.15, 0.2) is 0 Å². The molecule has 1 aromatic rings. The fourth-order valence-corrected chi connectivity index (χ4v) is 2.90. The zero-order valence-electron chi connectivity index (χ0n) is 12.7. The minimum absolute atomic E-state index is 0.0120. The normalized spacial score (nSPS) is 18.8. The summed E-state index contributed by atoms with van der Waals surface area (Å²) in [7, 11) is 0. The van der Waals surface area contributed by atoms with Gasteiger partial charge in [0.25, 0.3) is 5.91 Å². The molecule has 1 aliphatic heterocycles. The highest BCUT2D eigenvalue weighted by Crippen LogP contribution is 2.26. The van der Waals surface area contributed by atoms with Crippen LogP contribution in [0.1, 0.15) is 43.5 Å². The van der Waals surface area contributed by atoms with Gasteiger partial charge in [-0.3, -0.25) is 4.79 Å². The smallest absolute Gasteiger partial charge is 0.253 e. The quantitative estimate of drug-likeness (QED) is 0.875.